The molecule has 0 saturated heterocycles. The Morgan fingerprint density at radius 3 is 2.58 bits per heavy atom. The van der Waals surface area contributed by atoms with Gasteiger partial charge in [0.15, 0.2) is 6.10 Å². The van der Waals surface area contributed by atoms with Crippen molar-refractivity contribution in [1.29, 1.82) is 0 Å². The van der Waals surface area contributed by atoms with E-state index in [1.807, 2.05) is 18.2 Å². The SMILES string of the molecule is CC1Oc2ccc(NC(=O)c3ccccc3Cl)cc2CN(Cc2ccc(Cl)cc2)C1=O. The highest BCUT2D eigenvalue weighted by Crippen LogP contribution is 2.30. The van der Waals surface area contributed by atoms with E-state index in [0.29, 0.717) is 40.1 Å². The van der Waals surface area contributed by atoms with Gasteiger partial charge in [-0.1, -0.05) is 47.5 Å². The van der Waals surface area contributed by atoms with E-state index in [4.69, 9.17) is 27.9 Å². The summed E-state index contributed by atoms with van der Waals surface area (Å²) >= 11 is 12.1. The van der Waals surface area contributed by atoms with Gasteiger partial charge in [0.25, 0.3) is 11.8 Å². The van der Waals surface area contributed by atoms with Crippen LogP contribution in [-0.2, 0) is 17.9 Å². The predicted molar refractivity (Wildman–Crippen MR) is 122 cm³/mol. The van der Waals surface area contributed by atoms with Crippen molar-refractivity contribution in [3.05, 3.63) is 93.5 Å². The van der Waals surface area contributed by atoms with Crippen molar-refractivity contribution in [3.8, 4) is 5.75 Å². The fourth-order valence-corrected chi connectivity index (χ4v) is 3.81. The number of rotatable bonds is 4. The van der Waals surface area contributed by atoms with E-state index in [-0.39, 0.29) is 11.8 Å². The topological polar surface area (TPSA) is 58.6 Å². The van der Waals surface area contributed by atoms with Gasteiger partial charge in [0.2, 0.25) is 0 Å². The molecule has 5 nitrogen and oxygen atoms in total. The van der Waals surface area contributed by atoms with Gasteiger partial charge in [-0.25, -0.2) is 0 Å². The third-order valence-electron chi connectivity index (χ3n) is 5.05. The molecule has 7 heteroatoms. The van der Waals surface area contributed by atoms with E-state index in [1.165, 1.54) is 0 Å². The molecule has 1 N–H and O–H groups in total. The second-order valence-electron chi connectivity index (χ2n) is 7.34. The van der Waals surface area contributed by atoms with Crippen molar-refractivity contribution in [1.82, 2.24) is 4.90 Å². The second kappa shape index (κ2) is 9.00. The van der Waals surface area contributed by atoms with Gasteiger partial charge in [0.05, 0.1) is 10.6 Å². The molecule has 3 aromatic rings. The molecule has 1 aliphatic rings. The first-order valence-electron chi connectivity index (χ1n) is 9.79. The summed E-state index contributed by atoms with van der Waals surface area (Å²) in [5.74, 6) is 0.213. The number of ether oxygens (including phenoxy) is 1. The molecule has 1 atom stereocenters. The molecule has 0 saturated carbocycles. The first-order chi connectivity index (χ1) is 14.9. The molecule has 1 aliphatic heterocycles. The number of hydrogen-bond donors (Lipinski definition) is 1. The average molecular weight is 455 g/mol. The van der Waals surface area contributed by atoms with Crippen LogP contribution in [-0.4, -0.2) is 22.8 Å². The molecule has 0 aromatic heterocycles. The van der Waals surface area contributed by atoms with Crippen LogP contribution in [0.4, 0.5) is 5.69 Å². The fourth-order valence-electron chi connectivity index (χ4n) is 3.47. The molecule has 4 rings (SSSR count). The number of halogens is 2. The summed E-state index contributed by atoms with van der Waals surface area (Å²) < 4.78 is 5.87. The van der Waals surface area contributed by atoms with Crippen molar-refractivity contribution in [3.63, 3.8) is 0 Å². The molecule has 0 aliphatic carbocycles. The Kier molecular flexibility index (Phi) is 6.16. The van der Waals surface area contributed by atoms with Crippen LogP contribution in [0.3, 0.4) is 0 Å². The van der Waals surface area contributed by atoms with Gasteiger partial charge < -0.3 is 15.0 Å². The normalized spacial score (nSPS) is 15.6. The van der Waals surface area contributed by atoms with Gasteiger partial charge in [-0.05, 0) is 55.0 Å². The van der Waals surface area contributed by atoms with Gasteiger partial charge in [-0.3, -0.25) is 9.59 Å². The zero-order chi connectivity index (χ0) is 22.0. The minimum atomic E-state index is -0.614. The molecule has 0 fully saturated rings. The molecule has 3 aromatic carbocycles. The summed E-state index contributed by atoms with van der Waals surface area (Å²) in [5.41, 5.74) is 2.77. The van der Waals surface area contributed by atoms with E-state index in [9.17, 15) is 9.59 Å². The summed E-state index contributed by atoms with van der Waals surface area (Å²) in [6.07, 6.45) is -0.614. The fraction of sp³-hybridized carbons (Fsp3) is 0.167. The summed E-state index contributed by atoms with van der Waals surface area (Å²) in [6, 6.07) is 19.6. The highest BCUT2D eigenvalue weighted by molar-refractivity contribution is 6.34. The number of benzene rings is 3. The quantitative estimate of drug-likeness (QED) is 0.561. The standard InChI is InChI=1S/C24H20Cl2N2O3/c1-15-24(30)28(13-16-6-8-18(25)9-7-16)14-17-12-19(10-11-22(17)31-15)27-23(29)20-4-2-3-5-21(20)26/h2-12,15H,13-14H2,1H3,(H,27,29). The Morgan fingerprint density at radius 1 is 1.10 bits per heavy atom. The minimum absolute atomic E-state index is 0.104. The Morgan fingerprint density at radius 2 is 1.84 bits per heavy atom. The predicted octanol–water partition coefficient (Wildman–Crippen LogP) is 5.56. The average Bonchev–Trinajstić information content (AvgIpc) is 2.86. The number of fused-ring (bicyclic) bond motifs is 1. The third-order valence-corrected chi connectivity index (χ3v) is 5.63. The summed E-state index contributed by atoms with van der Waals surface area (Å²) in [4.78, 5) is 27.2. The Balaban J connectivity index is 1.57. The molecule has 0 spiro atoms. The monoisotopic (exact) mass is 454 g/mol. The van der Waals surface area contributed by atoms with E-state index in [0.717, 1.165) is 11.1 Å². The molecule has 1 unspecified atom stereocenters. The zero-order valence-electron chi connectivity index (χ0n) is 16.8. The molecule has 1 heterocycles. The molecular formula is C24H20Cl2N2O3. The van der Waals surface area contributed by atoms with Gasteiger partial charge in [-0.15, -0.1) is 0 Å². The van der Waals surface area contributed by atoms with Crippen molar-refractivity contribution in [2.75, 3.05) is 5.32 Å². The maximum absolute atomic E-state index is 12.9. The number of amides is 2. The van der Waals surface area contributed by atoms with Crippen LogP contribution in [0, 0.1) is 0 Å². The van der Waals surface area contributed by atoms with Gasteiger partial charge in [0.1, 0.15) is 5.75 Å². The number of anilines is 1. The van der Waals surface area contributed by atoms with Crippen LogP contribution in [0.25, 0.3) is 0 Å². The summed E-state index contributed by atoms with van der Waals surface area (Å²) in [7, 11) is 0. The van der Waals surface area contributed by atoms with Gasteiger partial charge in [0, 0.05) is 29.4 Å². The molecule has 31 heavy (non-hydrogen) atoms. The lowest BCUT2D eigenvalue weighted by atomic mass is 10.1. The molecular weight excluding hydrogens is 435 g/mol. The van der Waals surface area contributed by atoms with Crippen molar-refractivity contribution >= 4 is 40.7 Å². The van der Waals surface area contributed by atoms with Crippen LogP contribution in [0.1, 0.15) is 28.4 Å². The molecule has 2 amide bonds. The van der Waals surface area contributed by atoms with Crippen molar-refractivity contribution in [2.24, 2.45) is 0 Å². The first kappa shape index (κ1) is 21.2. The van der Waals surface area contributed by atoms with E-state index in [2.05, 4.69) is 5.32 Å². The zero-order valence-corrected chi connectivity index (χ0v) is 18.3. The van der Waals surface area contributed by atoms with Crippen LogP contribution in [0.15, 0.2) is 66.7 Å². The lowest BCUT2D eigenvalue weighted by molar-refractivity contribution is -0.138. The summed E-state index contributed by atoms with van der Waals surface area (Å²) in [6.45, 7) is 2.52. The molecule has 158 valence electrons. The number of nitrogens with one attached hydrogen (secondary N) is 1. The van der Waals surface area contributed by atoms with Crippen LogP contribution >= 0.6 is 23.2 Å². The summed E-state index contributed by atoms with van der Waals surface area (Å²) in [5, 5.41) is 3.89. The number of carbonyl (C=O) groups is 2. The van der Waals surface area contributed by atoms with Gasteiger partial charge >= 0.3 is 0 Å². The maximum Gasteiger partial charge on any atom is 0.263 e. The van der Waals surface area contributed by atoms with Gasteiger partial charge in [-0.2, -0.15) is 0 Å². The van der Waals surface area contributed by atoms with Crippen molar-refractivity contribution < 1.29 is 14.3 Å². The van der Waals surface area contributed by atoms with E-state index < -0.39 is 6.10 Å². The molecule has 0 radical (unpaired) electrons. The number of nitrogens with zero attached hydrogens (tertiary/aromatic N) is 1. The second-order valence-corrected chi connectivity index (χ2v) is 8.18. The van der Waals surface area contributed by atoms with Crippen LogP contribution in [0.2, 0.25) is 10.0 Å². The van der Waals surface area contributed by atoms with E-state index >= 15 is 0 Å². The number of hydrogen-bond acceptors (Lipinski definition) is 3. The first-order valence-corrected chi connectivity index (χ1v) is 10.5. The Bertz CT molecular complexity index is 1130. The van der Waals surface area contributed by atoms with Crippen molar-refractivity contribution in [2.45, 2.75) is 26.1 Å². The number of carbonyl (C=O) groups excluding carboxylic acids is 2. The molecule has 0 bridgehead atoms. The Labute approximate surface area is 190 Å². The third kappa shape index (κ3) is 4.84. The minimum Gasteiger partial charge on any atom is -0.481 e. The maximum atomic E-state index is 12.9. The van der Waals surface area contributed by atoms with Crippen LogP contribution in [0.5, 0.6) is 5.75 Å². The lowest BCUT2D eigenvalue weighted by Crippen LogP contribution is -2.37. The van der Waals surface area contributed by atoms with E-state index in [1.54, 1.807) is 60.4 Å². The highest BCUT2D eigenvalue weighted by Gasteiger charge is 2.28. The highest BCUT2D eigenvalue weighted by atomic mass is 35.5. The van der Waals surface area contributed by atoms with Crippen LogP contribution < -0.4 is 10.1 Å². The Hall–Kier alpha value is -3.02. The largest absolute Gasteiger partial charge is 0.481 e. The smallest absolute Gasteiger partial charge is 0.263 e. The lowest BCUT2D eigenvalue weighted by Gasteiger charge is -2.22.